The Morgan fingerprint density at radius 2 is 1.22 bits per heavy atom. The topological polar surface area (TPSA) is 166 Å². The number of piperidine rings is 1. The van der Waals surface area contributed by atoms with Crippen LogP contribution in [0.4, 0.5) is 0 Å². The van der Waals surface area contributed by atoms with Crippen molar-refractivity contribution in [1.82, 2.24) is 5.32 Å². The summed E-state index contributed by atoms with van der Waals surface area (Å²) in [6, 6.07) is 15.4. The number of rotatable bonds is 8. The number of ether oxygens (including phenoxy) is 3. The minimum absolute atomic E-state index is 0.0253. The molecule has 3 rings (SSSR count). The third-order valence-electron chi connectivity index (χ3n) is 5.44. The molecule has 11 heteroatoms. The number of benzene rings is 2. The van der Waals surface area contributed by atoms with E-state index in [1.54, 1.807) is 12.1 Å². The summed E-state index contributed by atoms with van der Waals surface area (Å²) < 4.78 is 14.2. The standard InChI is InChI=1S/C18H14O8.C8H15NO2/c19-15(20)13(25-17(23)11-7-3-1-4-8-11)14(16(21)22)26-18(24)12-9-5-2-6-10-12;1-6-3-4-7(5-9-6)8(10)11-2/h1-10,13-14H,(H,19,20)(H,21,22);6-7,9H,3-5H2,1-2H3/t13-,14-;6-,7+/m10/s1. The summed E-state index contributed by atoms with van der Waals surface area (Å²) in [6.07, 6.45) is -2.40. The average Bonchev–Trinajstić information content (AvgIpc) is 2.91. The molecule has 11 nitrogen and oxygen atoms in total. The lowest BCUT2D eigenvalue weighted by atomic mass is 9.96. The number of methoxy groups -OCH3 is 1. The summed E-state index contributed by atoms with van der Waals surface area (Å²) in [4.78, 5) is 57.9. The number of nitrogens with one attached hydrogen (secondary N) is 1. The molecule has 0 unspecified atom stereocenters. The Morgan fingerprint density at radius 1 is 0.784 bits per heavy atom. The summed E-state index contributed by atoms with van der Waals surface area (Å²) in [5.41, 5.74) is 0.0505. The third kappa shape index (κ3) is 9.04. The quantitative estimate of drug-likeness (QED) is 0.348. The first-order valence-electron chi connectivity index (χ1n) is 11.4. The first-order chi connectivity index (χ1) is 17.6. The molecule has 1 aliphatic rings. The minimum Gasteiger partial charge on any atom is -0.478 e. The lowest BCUT2D eigenvalue weighted by Crippen LogP contribution is -2.45. The van der Waals surface area contributed by atoms with E-state index >= 15 is 0 Å². The summed E-state index contributed by atoms with van der Waals surface area (Å²) in [5, 5.41) is 21.7. The molecule has 2 aromatic rings. The third-order valence-corrected chi connectivity index (χ3v) is 5.44. The minimum atomic E-state index is -2.21. The second-order valence-corrected chi connectivity index (χ2v) is 8.17. The van der Waals surface area contributed by atoms with Gasteiger partial charge < -0.3 is 29.7 Å². The van der Waals surface area contributed by atoms with Crippen molar-refractivity contribution < 1.29 is 48.4 Å². The molecule has 0 saturated carbocycles. The van der Waals surface area contributed by atoms with Crippen molar-refractivity contribution in [3.05, 3.63) is 71.8 Å². The summed E-state index contributed by atoms with van der Waals surface area (Å²) in [7, 11) is 1.44. The number of hydrogen-bond donors (Lipinski definition) is 3. The Labute approximate surface area is 213 Å². The Balaban J connectivity index is 0.000000364. The molecule has 1 heterocycles. The zero-order chi connectivity index (χ0) is 27.4. The summed E-state index contributed by atoms with van der Waals surface area (Å²) in [6.45, 7) is 2.90. The van der Waals surface area contributed by atoms with E-state index in [9.17, 15) is 34.2 Å². The Morgan fingerprint density at radius 3 is 1.54 bits per heavy atom. The Bertz CT molecular complexity index is 996. The van der Waals surface area contributed by atoms with E-state index in [1.807, 2.05) is 0 Å². The van der Waals surface area contributed by atoms with E-state index in [0.29, 0.717) is 6.04 Å². The van der Waals surface area contributed by atoms with Gasteiger partial charge in [0.2, 0.25) is 12.2 Å². The van der Waals surface area contributed by atoms with Crippen LogP contribution in [-0.2, 0) is 28.6 Å². The second kappa shape index (κ2) is 14.3. The normalized spacial score (nSPS) is 18.1. The molecule has 1 fully saturated rings. The lowest BCUT2D eigenvalue weighted by Gasteiger charge is -2.25. The number of carboxylic acid groups (broad SMARTS) is 2. The highest BCUT2D eigenvalue weighted by atomic mass is 16.6. The van der Waals surface area contributed by atoms with Crippen LogP contribution >= 0.6 is 0 Å². The highest BCUT2D eigenvalue weighted by Gasteiger charge is 2.41. The van der Waals surface area contributed by atoms with Crippen LogP contribution in [-0.4, -0.2) is 72.0 Å². The van der Waals surface area contributed by atoms with Crippen LogP contribution in [0.2, 0.25) is 0 Å². The number of aliphatic carboxylic acids is 2. The Kier molecular flexibility index (Phi) is 11.2. The van der Waals surface area contributed by atoms with Crippen molar-refractivity contribution in [2.45, 2.75) is 38.0 Å². The fraction of sp³-hybridized carbons (Fsp3) is 0.346. The second-order valence-electron chi connectivity index (χ2n) is 8.17. The predicted octanol–water partition coefficient (Wildman–Crippen LogP) is 2.15. The molecule has 2 aromatic carbocycles. The van der Waals surface area contributed by atoms with Crippen LogP contribution in [0.25, 0.3) is 0 Å². The highest BCUT2D eigenvalue weighted by molar-refractivity contribution is 5.95. The molecule has 37 heavy (non-hydrogen) atoms. The SMILES string of the molecule is COC(=O)[C@@H]1CC[C@H](C)NC1.O=C(O[C@@H](C(=O)O)[C@@H](OC(=O)c1ccccc1)C(=O)O)c1ccccc1. The maximum Gasteiger partial charge on any atom is 0.349 e. The molecule has 1 aliphatic heterocycles. The smallest absolute Gasteiger partial charge is 0.349 e. The van der Waals surface area contributed by atoms with Crippen LogP contribution in [0.5, 0.6) is 0 Å². The zero-order valence-electron chi connectivity index (χ0n) is 20.4. The molecule has 1 saturated heterocycles. The van der Waals surface area contributed by atoms with Gasteiger partial charge in [0.15, 0.2) is 0 Å². The highest BCUT2D eigenvalue weighted by Crippen LogP contribution is 2.15. The van der Waals surface area contributed by atoms with E-state index in [2.05, 4.69) is 17.0 Å². The van der Waals surface area contributed by atoms with Crippen molar-refractivity contribution >= 4 is 29.8 Å². The molecule has 0 aliphatic carbocycles. The van der Waals surface area contributed by atoms with E-state index in [1.165, 1.54) is 55.6 Å². The predicted molar refractivity (Wildman–Crippen MR) is 129 cm³/mol. The van der Waals surface area contributed by atoms with Crippen molar-refractivity contribution in [3.63, 3.8) is 0 Å². The summed E-state index contributed by atoms with van der Waals surface area (Å²) in [5.74, 6) is -5.63. The van der Waals surface area contributed by atoms with Crippen LogP contribution in [0, 0.1) is 5.92 Å². The van der Waals surface area contributed by atoms with Gasteiger partial charge in [-0.25, -0.2) is 19.2 Å². The van der Waals surface area contributed by atoms with Gasteiger partial charge in [0.1, 0.15) is 0 Å². The van der Waals surface area contributed by atoms with Gasteiger partial charge in [-0.1, -0.05) is 36.4 Å². The van der Waals surface area contributed by atoms with Crippen LogP contribution in [0.3, 0.4) is 0 Å². The molecule has 0 bridgehead atoms. The van der Waals surface area contributed by atoms with Gasteiger partial charge in [-0.3, -0.25) is 4.79 Å². The van der Waals surface area contributed by atoms with E-state index in [-0.39, 0.29) is 23.0 Å². The molecule has 0 radical (unpaired) electrons. The number of carbonyl (C=O) groups is 5. The number of carbonyl (C=O) groups excluding carboxylic acids is 3. The van der Waals surface area contributed by atoms with E-state index in [0.717, 1.165) is 19.4 Å². The monoisotopic (exact) mass is 515 g/mol. The van der Waals surface area contributed by atoms with Gasteiger partial charge in [0.25, 0.3) is 0 Å². The zero-order valence-corrected chi connectivity index (χ0v) is 20.4. The van der Waals surface area contributed by atoms with Crippen molar-refractivity contribution in [1.29, 1.82) is 0 Å². The number of carboxylic acids is 2. The molecule has 0 amide bonds. The van der Waals surface area contributed by atoms with Gasteiger partial charge in [0.05, 0.1) is 24.2 Å². The van der Waals surface area contributed by atoms with Gasteiger partial charge in [-0.05, 0) is 44.0 Å². The largest absolute Gasteiger partial charge is 0.478 e. The molecule has 4 atom stereocenters. The molecule has 0 spiro atoms. The van der Waals surface area contributed by atoms with Crippen molar-refractivity contribution in [2.75, 3.05) is 13.7 Å². The Hall–Kier alpha value is -4.25. The fourth-order valence-electron chi connectivity index (χ4n) is 3.37. The van der Waals surface area contributed by atoms with Crippen LogP contribution < -0.4 is 5.32 Å². The fourth-order valence-corrected chi connectivity index (χ4v) is 3.37. The maximum absolute atomic E-state index is 12.0. The van der Waals surface area contributed by atoms with Crippen molar-refractivity contribution in [2.24, 2.45) is 5.92 Å². The molecular weight excluding hydrogens is 486 g/mol. The van der Waals surface area contributed by atoms with Crippen LogP contribution in [0.15, 0.2) is 60.7 Å². The first-order valence-corrected chi connectivity index (χ1v) is 11.4. The molecule has 0 aromatic heterocycles. The first kappa shape index (κ1) is 29.0. The van der Waals surface area contributed by atoms with Gasteiger partial charge >= 0.3 is 29.8 Å². The van der Waals surface area contributed by atoms with E-state index in [4.69, 9.17) is 9.47 Å². The molecule has 3 N–H and O–H groups in total. The average molecular weight is 516 g/mol. The number of hydrogen-bond acceptors (Lipinski definition) is 9. The van der Waals surface area contributed by atoms with Gasteiger partial charge in [0, 0.05) is 12.6 Å². The van der Waals surface area contributed by atoms with E-state index < -0.39 is 36.1 Å². The van der Waals surface area contributed by atoms with Crippen LogP contribution in [0.1, 0.15) is 40.5 Å². The summed E-state index contributed by atoms with van der Waals surface area (Å²) >= 11 is 0. The van der Waals surface area contributed by atoms with Crippen molar-refractivity contribution in [3.8, 4) is 0 Å². The van der Waals surface area contributed by atoms with Gasteiger partial charge in [-0.15, -0.1) is 0 Å². The maximum atomic E-state index is 12.0. The van der Waals surface area contributed by atoms with Gasteiger partial charge in [-0.2, -0.15) is 0 Å². The molecular formula is C26H29NO10. The number of esters is 3. The molecule has 198 valence electrons. The lowest BCUT2D eigenvalue weighted by molar-refractivity contribution is -0.166.